The van der Waals surface area contributed by atoms with Gasteiger partial charge in [-0.15, -0.1) is 0 Å². The lowest BCUT2D eigenvalue weighted by Crippen LogP contribution is -2.61. The summed E-state index contributed by atoms with van der Waals surface area (Å²) in [5.41, 5.74) is 6.45. The Balaban J connectivity index is 1.81. The Kier molecular flexibility index (Phi) is 11.5. The third-order valence-corrected chi connectivity index (χ3v) is 7.27. The molecule has 1 aromatic rings. The first-order valence-corrected chi connectivity index (χ1v) is 13.7. The first kappa shape index (κ1) is 29.9. The Morgan fingerprint density at radius 2 is 1.74 bits per heavy atom. The van der Waals surface area contributed by atoms with Gasteiger partial charge in [-0.25, -0.2) is 4.79 Å². The topological polar surface area (TPSA) is 190 Å². The molecule has 2 fully saturated rings. The fraction of sp³-hybridized carbons (Fsp3) is 0.593. The van der Waals surface area contributed by atoms with Crippen molar-refractivity contribution in [3.63, 3.8) is 0 Å². The summed E-state index contributed by atoms with van der Waals surface area (Å²) in [4.78, 5) is 53.3. The van der Waals surface area contributed by atoms with Gasteiger partial charge in [-0.1, -0.05) is 43.2 Å². The summed E-state index contributed by atoms with van der Waals surface area (Å²) in [6.07, 6.45) is 5.10. The number of hydrogen-bond acceptors (Lipinski definition) is 6. The first-order chi connectivity index (χ1) is 18.8. The van der Waals surface area contributed by atoms with Gasteiger partial charge in [-0.3, -0.25) is 19.8 Å². The highest BCUT2D eigenvalue weighted by Gasteiger charge is 2.40. The number of nitrogens with zero attached hydrogens (tertiary/aromatic N) is 1. The summed E-state index contributed by atoms with van der Waals surface area (Å²) in [6.45, 7) is 3.00. The fourth-order valence-electron chi connectivity index (χ4n) is 5.15. The number of benzene rings is 1. The average molecular weight is 544 g/mol. The molecule has 2 aliphatic heterocycles. The van der Waals surface area contributed by atoms with Crippen LogP contribution in [0.4, 0.5) is 4.79 Å². The van der Waals surface area contributed by atoms with Gasteiger partial charge in [0.1, 0.15) is 17.8 Å². The lowest BCUT2D eigenvalue weighted by molar-refractivity contribution is -0.138. The van der Waals surface area contributed by atoms with E-state index in [-0.39, 0.29) is 12.3 Å². The standard InChI is InChI=1S/C27H41N7O5/c28-24(29)22(25(37)31-17-18-9-8-12-30-16-18)23(26(38)34-13-6-1-2-7-14-34)33-27(39)32-20(15-21(35)36)19-10-4-3-5-11-19/h3-5,10-11,18,20,22-23,30H,1-2,6-9,12-17H2,(H3,28,29)(H,31,37)(H,35,36)(H2,32,33,39)/t18?,20?,22-,23-/m0/s1. The van der Waals surface area contributed by atoms with E-state index in [1.165, 1.54) is 0 Å². The maximum Gasteiger partial charge on any atom is 0.315 e. The second-order valence-corrected chi connectivity index (χ2v) is 10.3. The van der Waals surface area contributed by atoms with Crippen LogP contribution >= 0.6 is 0 Å². The minimum Gasteiger partial charge on any atom is -0.481 e. The number of urea groups is 1. The molecule has 0 radical (unpaired) electrons. The summed E-state index contributed by atoms with van der Waals surface area (Å²) in [5.74, 6) is -3.94. The lowest BCUT2D eigenvalue weighted by Gasteiger charge is -2.32. The maximum absolute atomic E-state index is 13.7. The number of nitrogens with two attached hydrogens (primary N) is 1. The van der Waals surface area contributed by atoms with E-state index in [4.69, 9.17) is 11.1 Å². The highest BCUT2D eigenvalue weighted by molar-refractivity contribution is 6.07. The molecule has 0 saturated carbocycles. The number of likely N-dealkylation sites (tertiary alicyclic amines) is 1. The van der Waals surface area contributed by atoms with Crippen LogP contribution in [0.1, 0.15) is 56.6 Å². The van der Waals surface area contributed by atoms with Crippen LogP contribution in [0.2, 0.25) is 0 Å². The molecule has 0 aliphatic carbocycles. The van der Waals surface area contributed by atoms with Gasteiger partial charge in [-0.2, -0.15) is 0 Å². The Hall–Kier alpha value is -3.67. The molecule has 214 valence electrons. The van der Waals surface area contributed by atoms with Crippen LogP contribution in [0.3, 0.4) is 0 Å². The quantitative estimate of drug-likeness (QED) is 0.160. The molecule has 4 atom stereocenters. The van der Waals surface area contributed by atoms with E-state index >= 15 is 0 Å². The van der Waals surface area contributed by atoms with Gasteiger partial charge in [0, 0.05) is 19.6 Å². The van der Waals surface area contributed by atoms with Gasteiger partial charge in [0.2, 0.25) is 11.8 Å². The third-order valence-electron chi connectivity index (χ3n) is 7.27. The smallest absolute Gasteiger partial charge is 0.315 e. The molecule has 8 N–H and O–H groups in total. The van der Waals surface area contributed by atoms with Crippen molar-refractivity contribution in [2.75, 3.05) is 32.7 Å². The van der Waals surface area contributed by atoms with Crippen LogP contribution in [0.5, 0.6) is 0 Å². The van der Waals surface area contributed by atoms with Crippen LogP contribution in [-0.2, 0) is 14.4 Å². The zero-order chi connectivity index (χ0) is 28.2. The van der Waals surface area contributed by atoms with Crippen molar-refractivity contribution >= 4 is 29.7 Å². The lowest BCUT2D eigenvalue weighted by atomic mass is 9.94. The molecule has 0 bridgehead atoms. The molecule has 1 aromatic carbocycles. The van der Waals surface area contributed by atoms with E-state index < -0.39 is 47.7 Å². The van der Waals surface area contributed by atoms with Crippen molar-refractivity contribution in [3.05, 3.63) is 35.9 Å². The van der Waals surface area contributed by atoms with Gasteiger partial charge in [0.15, 0.2) is 0 Å². The Morgan fingerprint density at radius 3 is 2.33 bits per heavy atom. The Morgan fingerprint density at radius 1 is 1.05 bits per heavy atom. The number of nitrogens with one attached hydrogen (secondary N) is 5. The number of carbonyl (C=O) groups excluding carboxylic acids is 3. The predicted octanol–water partition coefficient (Wildman–Crippen LogP) is 0.941. The van der Waals surface area contributed by atoms with E-state index in [0.29, 0.717) is 25.2 Å². The second kappa shape index (κ2) is 15.1. The Bertz CT molecular complexity index is 991. The second-order valence-electron chi connectivity index (χ2n) is 10.3. The van der Waals surface area contributed by atoms with E-state index in [1.807, 2.05) is 0 Å². The summed E-state index contributed by atoms with van der Waals surface area (Å²) in [6, 6.07) is 5.50. The highest BCUT2D eigenvalue weighted by Crippen LogP contribution is 2.18. The molecule has 0 spiro atoms. The summed E-state index contributed by atoms with van der Waals surface area (Å²) < 4.78 is 0. The van der Waals surface area contributed by atoms with Gasteiger partial charge in [0.25, 0.3) is 0 Å². The highest BCUT2D eigenvalue weighted by atomic mass is 16.4. The summed E-state index contributed by atoms with van der Waals surface area (Å²) in [7, 11) is 0. The molecule has 39 heavy (non-hydrogen) atoms. The monoisotopic (exact) mass is 543 g/mol. The van der Waals surface area contributed by atoms with Crippen LogP contribution in [0.25, 0.3) is 0 Å². The van der Waals surface area contributed by atoms with Gasteiger partial charge >= 0.3 is 12.0 Å². The normalized spacial score (nSPS) is 20.0. The van der Waals surface area contributed by atoms with Crippen molar-refractivity contribution in [1.29, 1.82) is 5.41 Å². The van der Waals surface area contributed by atoms with Crippen molar-refractivity contribution in [1.82, 2.24) is 26.2 Å². The molecule has 0 aromatic heterocycles. The SMILES string of the molecule is N=C(N)[C@@H](C(=O)NCC1CCCNC1)[C@H](NC(=O)NC(CC(=O)O)c1ccccc1)C(=O)N1CCCCCC1. The third kappa shape index (κ3) is 9.24. The molecule has 12 heteroatoms. The van der Waals surface area contributed by atoms with E-state index in [2.05, 4.69) is 21.3 Å². The number of rotatable bonds is 11. The number of carboxylic acid groups (broad SMARTS) is 1. The van der Waals surface area contributed by atoms with Gasteiger partial charge in [0.05, 0.1) is 12.5 Å². The van der Waals surface area contributed by atoms with Crippen molar-refractivity contribution in [3.8, 4) is 0 Å². The summed E-state index contributed by atoms with van der Waals surface area (Å²) >= 11 is 0. The van der Waals surface area contributed by atoms with Gasteiger partial charge in [-0.05, 0) is 50.3 Å². The maximum atomic E-state index is 13.7. The predicted molar refractivity (Wildman–Crippen MR) is 146 cm³/mol. The Labute approximate surface area is 229 Å². The van der Waals surface area contributed by atoms with Gasteiger partial charge < -0.3 is 37.0 Å². The van der Waals surface area contributed by atoms with E-state index in [9.17, 15) is 24.3 Å². The van der Waals surface area contributed by atoms with E-state index in [0.717, 1.165) is 51.6 Å². The molecule has 2 heterocycles. The fourth-order valence-corrected chi connectivity index (χ4v) is 5.15. The van der Waals surface area contributed by atoms with Crippen LogP contribution in [0.15, 0.2) is 30.3 Å². The molecular weight excluding hydrogens is 502 g/mol. The number of carbonyl (C=O) groups is 4. The number of piperidine rings is 1. The minimum atomic E-state index is -1.42. The number of amidine groups is 1. The molecule has 2 saturated heterocycles. The largest absolute Gasteiger partial charge is 0.481 e. The summed E-state index contributed by atoms with van der Waals surface area (Å²) in [5, 5.41) is 28.9. The van der Waals surface area contributed by atoms with Crippen molar-refractivity contribution in [2.24, 2.45) is 17.6 Å². The first-order valence-electron chi connectivity index (χ1n) is 13.7. The molecule has 3 rings (SSSR count). The van der Waals surface area contributed by atoms with E-state index in [1.54, 1.807) is 35.2 Å². The molecular formula is C27H41N7O5. The zero-order valence-electron chi connectivity index (χ0n) is 22.3. The van der Waals surface area contributed by atoms with Crippen molar-refractivity contribution < 1.29 is 24.3 Å². The van der Waals surface area contributed by atoms with Crippen molar-refractivity contribution in [2.45, 2.75) is 57.0 Å². The van der Waals surface area contributed by atoms with Crippen LogP contribution in [-0.4, -0.2) is 78.4 Å². The molecule has 12 nitrogen and oxygen atoms in total. The number of aliphatic carboxylic acids is 1. The van der Waals surface area contributed by atoms with Crippen LogP contribution < -0.4 is 27.0 Å². The van der Waals surface area contributed by atoms with Crippen LogP contribution in [0, 0.1) is 17.2 Å². The molecule has 2 unspecified atom stereocenters. The molecule has 4 amide bonds. The number of amides is 4. The average Bonchev–Trinajstić information content (AvgIpc) is 3.21. The zero-order valence-corrected chi connectivity index (χ0v) is 22.3. The minimum absolute atomic E-state index is 0.217. The number of carboxylic acids is 1. The number of hydrogen-bond donors (Lipinski definition) is 7. The molecule has 2 aliphatic rings.